The first-order valence-electron chi connectivity index (χ1n) is 7.14. The van der Waals surface area contributed by atoms with Gasteiger partial charge in [-0.2, -0.15) is 5.10 Å². The van der Waals surface area contributed by atoms with E-state index < -0.39 is 0 Å². The molecule has 0 amide bonds. The highest BCUT2D eigenvalue weighted by Gasteiger charge is 2.24. The van der Waals surface area contributed by atoms with Gasteiger partial charge >= 0.3 is 0 Å². The smallest absolute Gasteiger partial charge is 0.138 e. The largest absolute Gasteiger partial charge is 0.289 e. The summed E-state index contributed by atoms with van der Waals surface area (Å²) in [6, 6.07) is 9.11. The molecule has 0 saturated heterocycles. The Kier molecular flexibility index (Phi) is 4.47. The molecule has 5 heteroatoms. The first-order chi connectivity index (χ1) is 9.83. The second kappa shape index (κ2) is 6.50. The van der Waals surface area contributed by atoms with Crippen LogP contribution in [0.1, 0.15) is 37.1 Å². The van der Waals surface area contributed by atoms with E-state index in [-0.39, 0.29) is 0 Å². The number of nitrogens with one attached hydrogen (secondary N) is 1. The van der Waals surface area contributed by atoms with Gasteiger partial charge in [-0.3, -0.25) is 10.00 Å². The molecule has 0 unspecified atom stereocenters. The summed E-state index contributed by atoms with van der Waals surface area (Å²) in [4.78, 5) is 6.79. The third-order valence-electron chi connectivity index (χ3n) is 3.99. The lowest BCUT2D eigenvalue weighted by molar-refractivity contribution is 0.176. The van der Waals surface area contributed by atoms with Crippen LogP contribution < -0.4 is 0 Å². The van der Waals surface area contributed by atoms with Crippen molar-refractivity contribution in [3.63, 3.8) is 0 Å². The topological polar surface area (TPSA) is 44.8 Å². The summed E-state index contributed by atoms with van der Waals surface area (Å²) in [5, 5.41) is 6.93. The van der Waals surface area contributed by atoms with Gasteiger partial charge in [-0.25, -0.2) is 4.98 Å². The molecule has 2 aromatic rings. The molecular weight excluding hydrogens is 316 g/mol. The quantitative estimate of drug-likeness (QED) is 0.909. The third-order valence-corrected chi connectivity index (χ3v) is 4.76. The molecule has 1 fully saturated rings. The average molecular weight is 335 g/mol. The molecule has 20 heavy (non-hydrogen) atoms. The Hall–Kier alpha value is -1.20. The molecule has 0 bridgehead atoms. The van der Waals surface area contributed by atoms with Crippen LogP contribution in [0.5, 0.6) is 0 Å². The molecule has 1 aromatic carbocycles. The number of H-pyrrole nitrogens is 1. The third kappa shape index (κ3) is 3.27. The summed E-state index contributed by atoms with van der Waals surface area (Å²) in [5.41, 5.74) is 1.33. The van der Waals surface area contributed by atoms with Crippen molar-refractivity contribution in [2.75, 3.05) is 0 Å². The van der Waals surface area contributed by atoms with Crippen molar-refractivity contribution in [2.24, 2.45) is 0 Å². The van der Waals surface area contributed by atoms with Gasteiger partial charge in [0.1, 0.15) is 12.2 Å². The Morgan fingerprint density at radius 3 is 2.70 bits per heavy atom. The lowest BCUT2D eigenvalue weighted by Crippen LogP contribution is -2.32. The van der Waals surface area contributed by atoms with Crippen molar-refractivity contribution < 1.29 is 0 Å². The highest BCUT2D eigenvalue weighted by Crippen LogP contribution is 2.27. The number of hydrogen-bond donors (Lipinski definition) is 1. The van der Waals surface area contributed by atoms with Gasteiger partial charge in [-0.1, -0.05) is 47.0 Å². The summed E-state index contributed by atoms with van der Waals surface area (Å²) in [6.45, 7) is 1.79. The SMILES string of the molecule is Brc1ccccc1CN(Cc1ncn[nH]1)C1CCCC1. The summed E-state index contributed by atoms with van der Waals surface area (Å²) >= 11 is 3.65. The van der Waals surface area contributed by atoms with Gasteiger partial charge in [0.25, 0.3) is 0 Å². The van der Waals surface area contributed by atoms with Crippen molar-refractivity contribution in [3.05, 3.63) is 46.5 Å². The van der Waals surface area contributed by atoms with E-state index in [2.05, 4.69) is 60.3 Å². The van der Waals surface area contributed by atoms with E-state index in [1.54, 1.807) is 6.33 Å². The van der Waals surface area contributed by atoms with E-state index >= 15 is 0 Å². The van der Waals surface area contributed by atoms with Gasteiger partial charge in [0.15, 0.2) is 0 Å². The molecule has 106 valence electrons. The van der Waals surface area contributed by atoms with Crippen LogP contribution in [0.3, 0.4) is 0 Å². The Morgan fingerprint density at radius 1 is 1.20 bits per heavy atom. The lowest BCUT2D eigenvalue weighted by atomic mass is 10.1. The second-order valence-electron chi connectivity index (χ2n) is 5.37. The Labute approximate surface area is 127 Å². The van der Waals surface area contributed by atoms with Crippen molar-refractivity contribution in [1.29, 1.82) is 0 Å². The molecular formula is C15H19BrN4. The fraction of sp³-hybridized carbons (Fsp3) is 0.467. The van der Waals surface area contributed by atoms with E-state index in [9.17, 15) is 0 Å². The summed E-state index contributed by atoms with van der Waals surface area (Å²) < 4.78 is 1.18. The van der Waals surface area contributed by atoms with Crippen LogP contribution in [0.2, 0.25) is 0 Å². The van der Waals surface area contributed by atoms with Gasteiger partial charge in [-0.15, -0.1) is 0 Å². The second-order valence-corrected chi connectivity index (χ2v) is 6.22. The van der Waals surface area contributed by atoms with Crippen LogP contribution in [0.4, 0.5) is 0 Å². The molecule has 0 radical (unpaired) electrons. The van der Waals surface area contributed by atoms with Gasteiger partial charge < -0.3 is 0 Å². The molecule has 0 aliphatic heterocycles. The van der Waals surface area contributed by atoms with Crippen LogP contribution >= 0.6 is 15.9 Å². The summed E-state index contributed by atoms with van der Waals surface area (Å²) in [6.07, 6.45) is 6.85. The summed E-state index contributed by atoms with van der Waals surface area (Å²) in [7, 11) is 0. The van der Waals surface area contributed by atoms with Crippen LogP contribution in [0, 0.1) is 0 Å². The fourth-order valence-corrected chi connectivity index (χ4v) is 3.34. The van der Waals surface area contributed by atoms with Gasteiger partial charge in [0.05, 0.1) is 6.54 Å². The van der Waals surface area contributed by atoms with Crippen molar-refractivity contribution in [1.82, 2.24) is 20.1 Å². The molecule has 1 aliphatic carbocycles. The van der Waals surface area contributed by atoms with E-state index in [1.807, 2.05) is 0 Å². The molecule has 1 aromatic heterocycles. The minimum absolute atomic E-state index is 0.659. The van der Waals surface area contributed by atoms with Gasteiger partial charge in [-0.05, 0) is 24.5 Å². The highest BCUT2D eigenvalue weighted by molar-refractivity contribution is 9.10. The number of benzene rings is 1. The Balaban J connectivity index is 1.76. The minimum atomic E-state index is 0.659. The molecule has 0 atom stereocenters. The zero-order valence-electron chi connectivity index (χ0n) is 11.4. The number of aromatic amines is 1. The Morgan fingerprint density at radius 2 is 2.00 bits per heavy atom. The summed E-state index contributed by atoms with van der Waals surface area (Å²) in [5.74, 6) is 0.948. The standard InChI is InChI=1S/C15H19BrN4/c16-14-8-4-1-5-12(14)9-20(13-6-2-3-7-13)10-15-17-11-18-19-15/h1,4-5,8,11,13H,2-3,6-7,9-10H2,(H,17,18,19). The number of nitrogens with zero attached hydrogens (tertiary/aromatic N) is 3. The van der Waals surface area contributed by atoms with E-state index in [0.717, 1.165) is 18.9 Å². The van der Waals surface area contributed by atoms with Crippen LogP contribution in [0.25, 0.3) is 0 Å². The Bertz CT molecular complexity index is 535. The fourth-order valence-electron chi connectivity index (χ4n) is 2.93. The maximum Gasteiger partial charge on any atom is 0.138 e. The average Bonchev–Trinajstić information content (AvgIpc) is 3.12. The molecule has 1 heterocycles. The van der Waals surface area contributed by atoms with E-state index in [4.69, 9.17) is 0 Å². The number of halogens is 1. The molecule has 1 saturated carbocycles. The molecule has 0 spiro atoms. The maximum atomic E-state index is 4.27. The number of rotatable bonds is 5. The van der Waals surface area contributed by atoms with Crippen LogP contribution in [-0.2, 0) is 13.1 Å². The molecule has 4 nitrogen and oxygen atoms in total. The predicted octanol–water partition coefficient (Wildman–Crippen LogP) is 3.51. The van der Waals surface area contributed by atoms with Gasteiger partial charge in [0.2, 0.25) is 0 Å². The first kappa shape index (κ1) is 13.8. The molecule has 1 N–H and O–H groups in total. The zero-order chi connectivity index (χ0) is 13.8. The van der Waals surface area contributed by atoms with Gasteiger partial charge in [0, 0.05) is 17.1 Å². The number of hydrogen-bond acceptors (Lipinski definition) is 3. The van der Waals surface area contributed by atoms with Crippen LogP contribution in [0.15, 0.2) is 35.1 Å². The van der Waals surface area contributed by atoms with Crippen molar-refractivity contribution in [2.45, 2.75) is 44.8 Å². The first-order valence-corrected chi connectivity index (χ1v) is 7.94. The normalized spacial score (nSPS) is 16.1. The van der Waals surface area contributed by atoms with E-state index in [1.165, 1.54) is 35.7 Å². The molecule has 3 rings (SSSR count). The van der Waals surface area contributed by atoms with Crippen molar-refractivity contribution in [3.8, 4) is 0 Å². The minimum Gasteiger partial charge on any atom is -0.289 e. The lowest BCUT2D eigenvalue weighted by Gasteiger charge is -2.28. The maximum absolute atomic E-state index is 4.27. The highest BCUT2D eigenvalue weighted by atomic mass is 79.9. The number of aromatic nitrogens is 3. The predicted molar refractivity (Wildman–Crippen MR) is 82.0 cm³/mol. The zero-order valence-corrected chi connectivity index (χ0v) is 13.0. The monoisotopic (exact) mass is 334 g/mol. The van der Waals surface area contributed by atoms with Crippen molar-refractivity contribution >= 4 is 15.9 Å². The molecule has 1 aliphatic rings. The van der Waals surface area contributed by atoms with E-state index in [0.29, 0.717) is 6.04 Å². The van der Waals surface area contributed by atoms with Crippen LogP contribution in [-0.4, -0.2) is 26.1 Å².